The molecular formula is C18H19NO7S. The fourth-order valence-electron chi connectivity index (χ4n) is 2.19. The summed E-state index contributed by atoms with van der Waals surface area (Å²) in [6, 6.07) is 9.04. The van der Waals surface area contributed by atoms with Crippen LogP contribution >= 0.6 is 11.3 Å². The fraction of sp³-hybridized carbons (Fsp3) is 0.278. The predicted molar refractivity (Wildman–Crippen MR) is 98.4 cm³/mol. The van der Waals surface area contributed by atoms with Gasteiger partial charge in [0.25, 0.3) is 0 Å². The molecule has 0 radical (unpaired) electrons. The van der Waals surface area contributed by atoms with Gasteiger partial charge in [0.1, 0.15) is 23.1 Å². The first kappa shape index (κ1) is 20.4. The summed E-state index contributed by atoms with van der Waals surface area (Å²) >= 11 is 0.822. The van der Waals surface area contributed by atoms with Crippen LogP contribution in [0.1, 0.15) is 31.2 Å². The van der Waals surface area contributed by atoms with Crippen molar-refractivity contribution in [1.29, 1.82) is 0 Å². The molecular weight excluding hydrogens is 374 g/mol. The molecule has 0 bridgehead atoms. The molecule has 27 heavy (non-hydrogen) atoms. The lowest BCUT2D eigenvalue weighted by molar-refractivity contribution is 0.0392. The molecule has 8 nitrogen and oxygen atoms in total. The average Bonchev–Trinajstić information content (AvgIpc) is 2.97. The van der Waals surface area contributed by atoms with Crippen LogP contribution in [0.3, 0.4) is 0 Å². The number of carbonyl (C=O) groups excluding carboxylic acids is 2. The van der Waals surface area contributed by atoms with Gasteiger partial charge in [-0.3, -0.25) is 5.32 Å². The molecule has 0 atom stereocenters. The monoisotopic (exact) mass is 393 g/mol. The van der Waals surface area contributed by atoms with Gasteiger partial charge in [0.15, 0.2) is 0 Å². The SMILES string of the molecule is COCCOC(=O)c1sc(NC(=O)OCc2ccccc2)c(C(=O)O)c1C. The lowest BCUT2D eigenvalue weighted by atomic mass is 10.1. The number of nitrogens with one attached hydrogen (secondary N) is 1. The Kier molecular flexibility index (Phi) is 7.33. The number of esters is 1. The van der Waals surface area contributed by atoms with E-state index in [9.17, 15) is 19.5 Å². The third-order valence-electron chi connectivity index (χ3n) is 3.50. The second-order valence-electron chi connectivity index (χ2n) is 5.38. The van der Waals surface area contributed by atoms with Crippen LogP contribution in [0.15, 0.2) is 30.3 Å². The Morgan fingerprint density at radius 2 is 1.81 bits per heavy atom. The number of methoxy groups -OCH3 is 1. The number of anilines is 1. The summed E-state index contributed by atoms with van der Waals surface area (Å²) in [5.74, 6) is -1.94. The molecule has 9 heteroatoms. The number of rotatable bonds is 8. The van der Waals surface area contributed by atoms with E-state index in [0.29, 0.717) is 0 Å². The van der Waals surface area contributed by atoms with Gasteiger partial charge in [-0.25, -0.2) is 14.4 Å². The molecule has 0 saturated carbocycles. The van der Waals surface area contributed by atoms with Crippen molar-refractivity contribution < 1.29 is 33.7 Å². The maximum absolute atomic E-state index is 12.1. The van der Waals surface area contributed by atoms with E-state index in [4.69, 9.17) is 14.2 Å². The Bertz CT molecular complexity index is 817. The van der Waals surface area contributed by atoms with Crippen molar-refractivity contribution in [3.8, 4) is 0 Å². The number of hydrogen-bond acceptors (Lipinski definition) is 7. The van der Waals surface area contributed by atoms with E-state index in [0.717, 1.165) is 16.9 Å². The highest BCUT2D eigenvalue weighted by atomic mass is 32.1. The Balaban J connectivity index is 2.10. The predicted octanol–water partition coefficient (Wildman–Crippen LogP) is 3.31. The van der Waals surface area contributed by atoms with Crippen molar-refractivity contribution >= 4 is 34.4 Å². The van der Waals surface area contributed by atoms with E-state index < -0.39 is 18.0 Å². The van der Waals surface area contributed by atoms with Crippen molar-refractivity contribution in [3.63, 3.8) is 0 Å². The molecule has 1 aromatic carbocycles. The van der Waals surface area contributed by atoms with Crippen LogP contribution in [0.4, 0.5) is 9.80 Å². The number of aromatic carboxylic acids is 1. The van der Waals surface area contributed by atoms with E-state index >= 15 is 0 Å². The average molecular weight is 393 g/mol. The maximum atomic E-state index is 12.1. The zero-order valence-corrected chi connectivity index (χ0v) is 15.6. The zero-order chi connectivity index (χ0) is 19.8. The summed E-state index contributed by atoms with van der Waals surface area (Å²) in [7, 11) is 1.47. The van der Waals surface area contributed by atoms with Crippen LogP contribution in [0.2, 0.25) is 0 Å². The quantitative estimate of drug-likeness (QED) is 0.523. The normalized spacial score (nSPS) is 10.3. The van der Waals surface area contributed by atoms with Crippen LogP contribution in [0, 0.1) is 6.92 Å². The first-order valence-electron chi connectivity index (χ1n) is 7.94. The van der Waals surface area contributed by atoms with E-state index in [1.54, 1.807) is 12.1 Å². The molecule has 0 spiro atoms. The second-order valence-corrected chi connectivity index (χ2v) is 6.40. The van der Waals surface area contributed by atoms with Crippen molar-refractivity contribution in [2.45, 2.75) is 13.5 Å². The molecule has 0 aliphatic heterocycles. The molecule has 2 aromatic rings. The van der Waals surface area contributed by atoms with Crippen molar-refractivity contribution in [3.05, 3.63) is 51.9 Å². The van der Waals surface area contributed by atoms with Gasteiger partial charge in [-0.05, 0) is 18.1 Å². The summed E-state index contributed by atoms with van der Waals surface area (Å²) in [6.07, 6.45) is -0.818. The van der Waals surface area contributed by atoms with Crippen LogP contribution in [-0.4, -0.2) is 43.5 Å². The highest BCUT2D eigenvalue weighted by Gasteiger charge is 2.26. The molecule has 144 valence electrons. The molecule has 1 aromatic heterocycles. The minimum atomic E-state index is -1.27. The van der Waals surface area contributed by atoms with Crippen LogP contribution in [-0.2, 0) is 20.8 Å². The Morgan fingerprint density at radius 1 is 1.11 bits per heavy atom. The smallest absolute Gasteiger partial charge is 0.412 e. The Morgan fingerprint density at radius 3 is 2.44 bits per heavy atom. The highest BCUT2D eigenvalue weighted by Crippen LogP contribution is 2.33. The van der Waals surface area contributed by atoms with Crippen molar-refractivity contribution in [1.82, 2.24) is 0 Å². The number of ether oxygens (including phenoxy) is 3. The zero-order valence-electron chi connectivity index (χ0n) is 14.8. The fourth-order valence-corrected chi connectivity index (χ4v) is 3.27. The molecule has 0 aliphatic rings. The summed E-state index contributed by atoms with van der Waals surface area (Å²) < 4.78 is 14.9. The summed E-state index contributed by atoms with van der Waals surface area (Å²) in [6.45, 7) is 1.77. The molecule has 1 heterocycles. The van der Waals surface area contributed by atoms with E-state index in [-0.39, 0.29) is 40.8 Å². The molecule has 0 unspecified atom stereocenters. The van der Waals surface area contributed by atoms with Gasteiger partial charge in [-0.15, -0.1) is 11.3 Å². The van der Waals surface area contributed by atoms with E-state index in [1.165, 1.54) is 14.0 Å². The summed E-state index contributed by atoms with van der Waals surface area (Å²) in [5.41, 5.74) is 0.833. The molecule has 2 N–H and O–H groups in total. The number of carbonyl (C=O) groups is 3. The minimum Gasteiger partial charge on any atom is -0.478 e. The minimum absolute atomic E-state index is 0.0109. The molecule has 0 saturated heterocycles. The first-order valence-corrected chi connectivity index (χ1v) is 8.76. The molecule has 1 amide bonds. The lowest BCUT2D eigenvalue weighted by Gasteiger charge is -2.06. The van der Waals surface area contributed by atoms with Crippen LogP contribution < -0.4 is 5.32 Å². The number of amides is 1. The van der Waals surface area contributed by atoms with Gasteiger partial charge >= 0.3 is 18.0 Å². The third kappa shape index (κ3) is 5.53. The van der Waals surface area contributed by atoms with E-state index in [2.05, 4.69) is 5.32 Å². The lowest BCUT2D eigenvalue weighted by Crippen LogP contribution is -2.15. The molecule has 2 rings (SSSR count). The maximum Gasteiger partial charge on any atom is 0.412 e. The number of hydrogen-bond donors (Lipinski definition) is 2. The van der Waals surface area contributed by atoms with Crippen LogP contribution in [0.5, 0.6) is 0 Å². The number of benzene rings is 1. The van der Waals surface area contributed by atoms with Gasteiger partial charge in [0.2, 0.25) is 0 Å². The highest BCUT2D eigenvalue weighted by molar-refractivity contribution is 7.18. The van der Waals surface area contributed by atoms with E-state index in [1.807, 2.05) is 18.2 Å². The molecule has 0 aliphatic carbocycles. The third-order valence-corrected chi connectivity index (χ3v) is 4.68. The van der Waals surface area contributed by atoms with Gasteiger partial charge in [-0.2, -0.15) is 0 Å². The van der Waals surface area contributed by atoms with Crippen molar-refractivity contribution in [2.24, 2.45) is 0 Å². The Labute approximate surface area is 159 Å². The van der Waals surface area contributed by atoms with Gasteiger partial charge in [0.05, 0.1) is 12.2 Å². The largest absolute Gasteiger partial charge is 0.478 e. The summed E-state index contributed by atoms with van der Waals surface area (Å²) in [5, 5.41) is 11.8. The molecule has 0 fully saturated rings. The Hall–Kier alpha value is -2.91. The number of thiophene rings is 1. The topological polar surface area (TPSA) is 111 Å². The second kappa shape index (κ2) is 9.70. The van der Waals surface area contributed by atoms with Gasteiger partial charge in [-0.1, -0.05) is 30.3 Å². The standard InChI is InChI=1S/C18H19NO7S/c1-11-13(16(20)21)15(27-14(11)17(22)25-9-8-24-2)19-18(23)26-10-12-6-4-3-5-7-12/h3-7H,8-10H2,1-2H3,(H,19,23)(H,20,21). The number of carboxylic acid groups (broad SMARTS) is 1. The summed E-state index contributed by atoms with van der Waals surface area (Å²) in [4.78, 5) is 35.8. The number of carboxylic acids is 1. The van der Waals surface area contributed by atoms with Gasteiger partial charge < -0.3 is 19.3 Å². The first-order chi connectivity index (χ1) is 12.9. The van der Waals surface area contributed by atoms with Crippen LogP contribution in [0.25, 0.3) is 0 Å². The van der Waals surface area contributed by atoms with Crippen molar-refractivity contribution in [2.75, 3.05) is 25.6 Å². The van der Waals surface area contributed by atoms with Gasteiger partial charge in [0, 0.05) is 7.11 Å².